The number of benzene rings is 2. The minimum atomic E-state index is -1.08. The third-order valence-corrected chi connectivity index (χ3v) is 4.20. The Balaban J connectivity index is 1.82. The lowest BCUT2D eigenvalue weighted by molar-refractivity contribution is -0.124. The van der Waals surface area contributed by atoms with Crippen molar-refractivity contribution in [3.63, 3.8) is 0 Å². The number of rotatable bonds is 6. The first kappa shape index (κ1) is 19.2. The molecule has 4 amide bonds. The highest BCUT2D eigenvalue weighted by Gasteiger charge is 2.46. The Bertz CT molecular complexity index is 948. The van der Waals surface area contributed by atoms with Gasteiger partial charge >= 0.3 is 6.03 Å². The highest BCUT2D eigenvalue weighted by molar-refractivity contribution is 6.22. The molecular weight excluding hydrogens is 368 g/mol. The summed E-state index contributed by atoms with van der Waals surface area (Å²) in [7, 11) is 0. The molecule has 1 atom stereocenters. The average Bonchev–Trinajstić information content (AvgIpc) is 2.86. The van der Waals surface area contributed by atoms with Gasteiger partial charge in [-0.3, -0.25) is 9.59 Å². The summed E-state index contributed by atoms with van der Waals surface area (Å²) in [5.41, 5.74) is 0.316. The second-order valence-electron chi connectivity index (χ2n) is 6.16. The van der Waals surface area contributed by atoms with E-state index in [1.807, 2.05) is 0 Å². The van der Waals surface area contributed by atoms with E-state index in [4.69, 9.17) is 0 Å². The summed E-state index contributed by atoms with van der Waals surface area (Å²) in [5.74, 6) is -2.32. The normalized spacial score (nSPS) is 16.4. The molecule has 0 spiro atoms. The molecule has 0 unspecified atom stereocenters. The molecule has 0 radical (unpaired) electrons. The maximum atomic E-state index is 13.5. The summed E-state index contributed by atoms with van der Waals surface area (Å²) in [6, 6.07) is 8.64. The van der Waals surface area contributed by atoms with Crippen LogP contribution in [-0.2, 0) is 9.59 Å². The van der Waals surface area contributed by atoms with Crippen LogP contribution in [0.25, 0.3) is 0 Å². The zero-order valence-corrected chi connectivity index (χ0v) is 14.8. The van der Waals surface area contributed by atoms with Gasteiger partial charge in [0.05, 0.1) is 12.1 Å². The third kappa shape index (κ3) is 3.90. The number of amides is 4. The highest BCUT2D eigenvalue weighted by Crippen LogP contribution is 2.27. The van der Waals surface area contributed by atoms with Gasteiger partial charge in [0.25, 0.3) is 5.91 Å². The van der Waals surface area contributed by atoms with E-state index in [0.29, 0.717) is 0 Å². The summed E-state index contributed by atoms with van der Waals surface area (Å²) in [4.78, 5) is 39.9. The van der Waals surface area contributed by atoms with Gasteiger partial charge in [-0.05, 0) is 36.4 Å². The molecule has 3 rings (SSSR count). The maximum absolute atomic E-state index is 13.5. The van der Waals surface area contributed by atoms with Gasteiger partial charge in [-0.25, -0.2) is 18.5 Å². The molecule has 1 heterocycles. The van der Waals surface area contributed by atoms with Gasteiger partial charge in [0.15, 0.2) is 0 Å². The largest absolute Gasteiger partial charge is 0.332 e. The Morgan fingerprint density at radius 1 is 1.11 bits per heavy atom. The van der Waals surface area contributed by atoms with Crippen LogP contribution in [0.3, 0.4) is 0 Å². The van der Waals surface area contributed by atoms with Crippen LogP contribution in [0.15, 0.2) is 61.2 Å². The molecule has 0 saturated carbocycles. The predicted octanol–water partition coefficient (Wildman–Crippen LogP) is 3.32. The summed E-state index contributed by atoms with van der Waals surface area (Å²) in [6.45, 7) is 3.60. The molecule has 0 aliphatic carbocycles. The van der Waals surface area contributed by atoms with E-state index in [0.717, 1.165) is 17.0 Å². The second-order valence-corrected chi connectivity index (χ2v) is 6.16. The standard InChI is InChI=1S/C20H17F2N3O3/c1-2-9-24-17(12-18(26)23-15-7-3-5-13(21)10-15)19(27)25(20(24)28)16-8-4-6-14(22)11-16/h2-8,10-11,17H,1,9,12H2,(H,23,26)/t17-/m0/s1. The van der Waals surface area contributed by atoms with E-state index in [1.165, 1.54) is 47.4 Å². The number of imide groups is 1. The van der Waals surface area contributed by atoms with Crippen LogP contribution < -0.4 is 10.2 Å². The monoisotopic (exact) mass is 385 g/mol. The van der Waals surface area contributed by atoms with Crippen molar-refractivity contribution in [1.29, 1.82) is 0 Å². The average molecular weight is 385 g/mol. The van der Waals surface area contributed by atoms with E-state index >= 15 is 0 Å². The van der Waals surface area contributed by atoms with Gasteiger partial charge in [-0.15, -0.1) is 6.58 Å². The first-order valence-corrected chi connectivity index (χ1v) is 8.47. The lowest BCUT2D eigenvalue weighted by atomic mass is 10.1. The molecule has 0 bridgehead atoms. The van der Waals surface area contributed by atoms with E-state index < -0.39 is 35.5 Å². The number of urea groups is 1. The molecule has 1 aliphatic rings. The van der Waals surface area contributed by atoms with Gasteiger partial charge < -0.3 is 10.2 Å². The molecule has 1 saturated heterocycles. The summed E-state index contributed by atoms with van der Waals surface area (Å²) < 4.78 is 26.8. The zero-order valence-electron chi connectivity index (χ0n) is 14.8. The number of carbonyl (C=O) groups is 3. The molecule has 144 valence electrons. The number of carbonyl (C=O) groups excluding carboxylic acids is 3. The lowest BCUT2D eigenvalue weighted by Gasteiger charge is -2.19. The van der Waals surface area contributed by atoms with Crippen molar-refractivity contribution in [1.82, 2.24) is 4.90 Å². The molecule has 1 fully saturated rings. The van der Waals surface area contributed by atoms with Gasteiger partial charge in [-0.1, -0.05) is 18.2 Å². The van der Waals surface area contributed by atoms with Crippen molar-refractivity contribution in [2.24, 2.45) is 0 Å². The van der Waals surface area contributed by atoms with Crippen molar-refractivity contribution in [2.75, 3.05) is 16.8 Å². The van der Waals surface area contributed by atoms with Gasteiger partial charge in [0.2, 0.25) is 5.91 Å². The Morgan fingerprint density at radius 2 is 1.79 bits per heavy atom. The molecule has 1 N–H and O–H groups in total. The van der Waals surface area contributed by atoms with Crippen LogP contribution in [0.2, 0.25) is 0 Å². The Morgan fingerprint density at radius 3 is 2.43 bits per heavy atom. The number of hydrogen-bond donors (Lipinski definition) is 1. The molecule has 2 aromatic rings. The second kappa shape index (κ2) is 7.99. The van der Waals surface area contributed by atoms with Crippen LogP contribution in [0.1, 0.15) is 6.42 Å². The number of nitrogens with zero attached hydrogens (tertiary/aromatic N) is 2. The van der Waals surface area contributed by atoms with Crippen LogP contribution in [0.4, 0.5) is 25.0 Å². The van der Waals surface area contributed by atoms with E-state index in [9.17, 15) is 23.2 Å². The van der Waals surface area contributed by atoms with Crippen LogP contribution in [0.5, 0.6) is 0 Å². The summed E-state index contributed by atoms with van der Waals surface area (Å²) in [5, 5.41) is 2.50. The lowest BCUT2D eigenvalue weighted by Crippen LogP contribution is -2.38. The topological polar surface area (TPSA) is 69.7 Å². The van der Waals surface area contributed by atoms with Crippen molar-refractivity contribution in [3.8, 4) is 0 Å². The number of halogens is 2. The van der Waals surface area contributed by atoms with Crippen molar-refractivity contribution in [3.05, 3.63) is 72.8 Å². The van der Waals surface area contributed by atoms with E-state index in [2.05, 4.69) is 11.9 Å². The molecule has 0 aromatic heterocycles. The van der Waals surface area contributed by atoms with Crippen molar-refractivity contribution < 1.29 is 23.2 Å². The molecule has 28 heavy (non-hydrogen) atoms. The zero-order chi connectivity index (χ0) is 20.3. The van der Waals surface area contributed by atoms with Gasteiger partial charge in [-0.2, -0.15) is 0 Å². The number of hydrogen-bond acceptors (Lipinski definition) is 3. The van der Waals surface area contributed by atoms with Crippen LogP contribution >= 0.6 is 0 Å². The first-order valence-electron chi connectivity index (χ1n) is 8.47. The highest BCUT2D eigenvalue weighted by atomic mass is 19.1. The van der Waals surface area contributed by atoms with E-state index in [1.54, 1.807) is 0 Å². The molecule has 8 heteroatoms. The summed E-state index contributed by atoms with van der Waals surface area (Å²) in [6.07, 6.45) is 1.10. The smallest absolute Gasteiger partial charge is 0.326 e. The van der Waals surface area contributed by atoms with E-state index in [-0.39, 0.29) is 24.3 Å². The molecule has 6 nitrogen and oxygen atoms in total. The molecular formula is C20H17F2N3O3. The maximum Gasteiger partial charge on any atom is 0.332 e. The van der Waals surface area contributed by atoms with Crippen LogP contribution in [0, 0.1) is 11.6 Å². The molecule has 1 aliphatic heterocycles. The summed E-state index contributed by atoms with van der Waals surface area (Å²) >= 11 is 0. The van der Waals surface area contributed by atoms with Gasteiger partial charge in [0, 0.05) is 12.2 Å². The molecule has 2 aromatic carbocycles. The van der Waals surface area contributed by atoms with Gasteiger partial charge in [0.1, 0.15) is 17.7 Å². The fraction of sp³-hybridized carbons (Fsp3) is 0.150. The van der Waals surface area contributed by atoms with Crippen molar-refractivity contribution >= 4 is 29.2 Å². The number of anilines is 2. The quantitative estimate of drug-likeness (QED) is 0.613. The Hall–Kier alpha value is -3.55. The minimum absolute atomic E-state index is 0.0360. The Kier molecular flexibility index (Phi) is 5.49. The van der Waals surface area contributed by atoms with Crippen LogP contribution in [-0.4, -0.2) is 35.3 Å². The van der Waals surface area contributed by atoms with Crippen molar-refractivity contribution in [2.45, 2.75) is 12.5 Å². The first-order chi connectivity index (χ1) is 13.4. The minimum Gasteiger partial charge on any atom is -0.326 e. The SMILES string of the molecule is C=CCN1C(=O)N(c2cccc(F)c2)C(=O)[C@@H]1CC(=O)Nc1cccc(F)c1. The Labute approximate surface area is 160 Å². The fourth-order valence-electron chi connectivity index (χ4n) is 2.99. The third-order valence-electron chi connectivity index (χ3n) is 4.20. The fourth-order valence-corrected chi connectivity index (χ4v) is 2.99. The number of nitrogens with one attached hydrogen (secondary N) is 1. The predicted molar refractivity (Wildman–Crippen MR) is 99.6 cm³/mol.